The summed E-state index contributed by atoms with van der Waals surface area (Å²) in [6.45, 7) is 1.90. The monoisotopic (exact) mass is 377 g/mol. The topological polar surface area (TPSA) is 77.2 Å². The zero-order valence-corrected chi connectivity index (χ0v) is 14.1. The van der Waals surface area contributed by atoms with Crippen LogP contribution in [0.15, 0.2) is 53.1 Å². The number of carbonyl (C=O) groups excluding carboxylic acids is 1. The second-order valence-corrected chi connectivity index (χ2v) is 5.47. The lowest BCUT2D eigenvalue weighted by Crippen LogP contribution is -2.17. The van der Waals surface area contributed by atoms with E-state index in [1.807, 2.05) is 6.92 Å². The van der Waals surface area contributed by atoms with Gasteiger partial charge in [-0.1, -0.05) is 24.2 Å². The van der Waals surface area contributed by atoms with Crippen molar-refractivity contribution in [3.63, 3.8) is 0 Å². The van der Waals surface area contributed by atoms with Crippen LogP contribution in [-0.4, -0.2) is 22.4 Å². The van der Waals surface area contributed by atoms with Crippen LogP contribution < -0.4 is 10.1 Å². The number of hydrogen-bond donors (Lipinski definition) is 1. The smallest absolute Gasteiger partial charge is 0.406 e. The molecule has 0 saturated heterocycles. The first-order valence-electron chi connectivity index (χ1n) is 7.94. The van der Waals surface area contributed by atoms with E-state index in [1.54, 1.807) is 24.3 Å². The van der Waals surface area contributed by atoms with Gasteiger partial charge in [-0.25, -0.2) is 0 Å². The van der Waals surface area contributed by atoms with Gasteiger partial charge in [0.1, 0.15) is 5.75 Å². The van der Waals surface area contributed by atoms with Gasteiger partial charge in [0.15, 0.2) is 0 Å². The lowest BCUT2D eigenvalue weighted by atomic mass is 10.1. The SMILES string of the molecule is CCc1nc(-c2ccc(C(=O)Nc3ccc(OC(F)(F)F)cc3)cc2)no1. The summed E-state index contributed by atoms with van der Waals surface area (Å²) < 4.78 is 45.3. The summed E-state index contributed by atoms with van der Waals surface area (Å²) in [7, 11) is 0. The highest BCUT2D eigenvalue weighted by atomic mass is 19.4. The van der Waals surface area contributed by atoms with E-state index < -0.39 is 12.3 Å². The predicted octanol–water partition coefficient (Wildman–Crippen LogP) is 4.45. The van der Waals surface area contributed by atoms with Gasteiger partial charge in [0.25, 0.3) is 5.91 Å². The Kier molecular flexibility index (Phi) is 5.11. The summed E-state index contributed by atoms with van der Waals surface area (Å²) in [6, 6.07) is 11.4. The molecule has 1 amide bonds. The van der Waals surface area contributed by atoms with E-state index >= 15 is 0 Å². The number of hydrogen-bond acceptors (Lipinski definition) is 5. The lowest BCUT2D eigenvalue weighted by molar-refractivity contribution is -0.274. The van der Waals surface area contributed by atoms with Crippen LogP contribution in [0.5, 0.6) is 5.75 Å². The molecule has 0 radical (unpaired) electrons. The summed E-state index contributed by atoms with van der Waals surface area (Å²) in [5, 5.41) is 6.45. The molecule has 2 aromatic carbocycles. The van der Waals surface area contributed by atoms with Crippen molar-refractivity contribution in [2.45, 2.75) is 19.7 Å². The molecular weight excluding hydrogens is 363 g/mol. The third-order valence-corrected chi connectivity index (χ3v) is 3.52. The minimum absolute atomic E-state index is 0.337. The first kappa shape index (κ1) is 18.4. The maximum Gasteiger partial charge on any atom is 0.573 e. The summed E-state index contributed by atoms with van der Waals surface area (Å²) in [6.07, 6.45) is -4.14. The fourth-order valence-electron chi connectivity index (χ4n) is 2.23. The molecule has 0 aliphatic carbocycles. The van der Waals surface area contributed by atoms with Crippen molar-refractivity contribution in [2.75, 3.05) is 5.32 Å². The molecule has 6 nitrogen and oxygen atoms in total. The van der Waals surface area contributed by atoms with Gasteiger partial charge in [-0.3, -0.25) is 4.79 Å². The number of nitrogens with one attached hydrogen (secondary N) is 1. The van der Waals surface area contributed by atoms with Gasteiger partial charge in [0.05, 0.1) is 0 Å². The molecule has 27 heavy (non-hydrogen) atoms. The van der Waals surface area contributed by atoms with E-state index in [1.165, 1.54) is 12.1 Å². The van der Waals surface area contributed by atoms with Crippen molar-refractivity contribution in [1.29, 1.82) is 0 Å². The molecular formula is C18H14F3N3O3. The van der Waals surface area contributed by atoms with Crippen LogP contribution in [0.4, 0.5) is 18.9 Å². The van der Waals surface area contributed by atoms with Gasteiger partial charge in [-0.05, 0) is 36.4 Å². The number of amides is 1. The minimum Gasteiger partial charge on any atom is -0.406 e. The first-order chi connectivity index (χ1) is 12.8. The molecule has 1 heterocycles. The van der Waals surface area contributed by atoms with Crippen molar-refractivity contribution >= 4 is 11.6 Å². The Hall–Kier alpha value is -3.36. The number of benzene rings is 2. The molecule has 1 aromatic heterocycles. The third-order valence-electron chi connectivity index (χ3n) is 3.52. The van der Waals surface area contributed by atoms with E-state index in [4.69, 9.17) is 4.52 Å². The number of aromatic nitrogens is 2. The molecule has 0 bridgehead atoms. The van der Waals surface area contributed by atoms with Crippen LogP contribution in [0, 0.1) is 0 Å². The average molecular weight is 377 g/mol. The van der Waals surface area contributed by atoms with Crippen LogP contribution in [0.3, 0.4) is 0 Å². The van der Waals surface area contributed by atoms with E-state index in [0.717, 1.165) is 12.1 Å². The van der Waals surface area contributed by atoms with Crippen LogP contribution in [0.2, 0.25) is 0 Å². The molecule has 9 heteroatoms. The van der Waals surface area contributed by atoms with Crippen LogP contribution in [0.1, 0.15) is 23.2 Å². The Morgan fingerprint density at radius 3 is 2.33 bits per heavy atom. The highest BCUT2D eigenvalue weighted by Crippen LogP contribution is 2.24. The third kappa shape index (κ3) is 4.84. The van der Waals surface area contributed by atoms with Gasteiger partial charge in [-0.15, -0.1) is 13.2 Å². The quantitative estimate of drug-likeness (QED) is 0.711. The minimum atomic E-state index is -4.76. The van der Waals surface area contributed by atoms with Gasteiger partial charge < -0.3 is 14.6 Å². The lowest BCUT2D eigenvalue weighted by Gasteiger charge is -2.10. The molecule has 3 rings (SSSR count). The molecule has 0 fully saturated rings. The average Bonchev–Trinajstić information content (AvgIpc) is 3.11. The number of nitrogens with zero attached hydrogens (tertiary/aromatic N) is 2. The molecule has 1 N–H and O–H groups in total. The maximum atomic E-state index is 12.3. The molecule has 0 unspecified atom stereocenters. The standard InChI is InChI=1S/C18H14F3N3O3/c1-2-15-23-16(24-27-15)11-3-5-12(6-4-11)17(25)22-13-7-9-14(10-8-13)26-18(19,20)21/h3-10H,2H2,1H3,(H,22,25). The molecule has 0 saturated carbocycles. The fourth-order valence-corrected chi connectivity index (χ4v) is 2.23. The number of alkyl halides is 3. The van der Waals surface area contributed by atoms with Crippen molar-refractivity contribution in [1.82, 2.24) is 10.1 Å². The molecule has 0 aliphatic rings. The predicted molar refractivity (Wildman–Crippen MR) is 90.2 cm³/mol. The van der Waals surface area contributed by atoms with E-state index in [0.29, 0.717) is 35.0 Å². The van der Waals surface area contributed by atoms with Crippen molar-refractivity contribution < 1.29 is 27.2 Å². The second-order valence-electron chi connectivity index (χ2n) is 5.47. The summed E-state index contributed by atoms with van der Waals surface area (Å²) in [5.74, 6) is 0.175. The van der Waals surface area contributed by atoms with Crippen LogP contribution in [0.25, 0.3) is 11.4 Å². The van der Waals surface area contributed by atoms with Crippen molar-refractivity contribution in [3.05, 3.63) is 60.0 Å². The van der Waals surface area contributed by atoms with Gasteiger partial charge in [0, 0.05) is 23.2 Å². The molecule has 0 aliphatic heterocycles. The van der Waals surface area contributed by atoms with Gasteiger partial charge >= 0.3 is 6.36 Å². The number of anilines is 1. The number of carbonyl (C=O) groups is 1. The largest absolute Gasteiger partial charge is 0.573 e. The van der Waals surface area contributed by atoms with Crippen molar-refractivity contribution in [2.24, 2.45) is 0 Å². The Bertz CT molecular complexity index is 920. The van der Waals surface area contributed by atoms with Crippen molar-refractivity contribution in [3.8, 4) is 17.1 Å². The highest BCUT2D eigenvalue weighted by molar-refractivity contribution is 6.04. The second kappa shape index (κ2) is 7.48. The molecule has 0 spiro atoms. The summed E-state index contributed by atoms with van der Waals surface area (Å²) >= 11 is 0. The van der Waals surface area contributed by atoms with Crippen LogP contribution in [-0.2, 0) is 6.42 Å². The number of aryl methyl sites for hydroxylation is 1. The Labute approximate surface area is 152 Å². The Balaban J connectivity index is 1.65. The summed E-state index contributed by atoms with van der Waals surface area (Å²) in [5.41, 5.74) is 1.40. The Morgan fingerprint density at radius 1 is 1.11 bits per heavy atom. The zero-order chi connectivity index (χ0) is 19.4. The van der Waals surface area contributed by atoms with E-state index in [9.17, 15) is 18.0 Å². The van der Waals surface area contributed by atoms with E-state index in [-0.39, 0.29) is 5.75 Å². The molecule has 0 atom stereocenters. The summed E-state index contributed by atoms with van der Waals surface area (Å²) in [4.78, 5) is 16.5. The fraction of sp³-hybridized carbons (Fsp3) is 0.167. The van der Waals surface area contributed by atoms with Crippen LogP contribution >= 0.6 is 0 Å². The number of halogens is 3. The van der Waals surface area contributed by atoms with Gasteiger partial charge in [-0.2, -0.15) is 4.98 Å². The molecule has 140 valence electrons. The molecule has 3 aromatic rings. The maximum absolute atomic E-state index is 12.3. The Morgan fingerprint density at radius 2 is 1.78 bits per heavy atom. The van der Waals surface area contributed by atoms with Gasteiger partial charge in [0.2, 0.25) is 11.7 Å². The number of rotatable bonds is 5. The normalized spacial score (nSPS) is 11.3. The number of ether oxygens (including phenoxy) is 1. The first-order valence-corrected chi connectivity index (χ1v) is 7.94. The van der Waals surface area contributed by atoms with E-state index in [2.05, 4.69) is 20.2 Å². The highest BCUT2D eigenvalue weighted by Gasteiger charge is 2.30. The zero-order valence-electron chi connectivity index (χ0n) is 14.1.